The smallest absolute Gasteiger partial charge is 0.143 e. The van der Waals surface area contributed by atoms with Crippen molar-refractivity contribution in [3.8, 4) is 33.4 Å². The van der Waals surface area contributed by atoms with Crippen molar-refractivity contribution in [1.29, 1.82) is 0 Å². The third-order valence-corrected chi connectivity index (χ3v) is 8.86. The second-order valence-electron chi connectivity index (χ2n) is 11.6. The molecule has 0 spiro atoms. The zero-order chi connectivity index (χ0) is 59.6. The van der Waals surface area contributed by atoms with Gasteiger partial charge in [-0.1, -0.05) is 163 Å². The lowest BCUT2D eigenvalue weighted by molar-refractivity contribution is 0.672. The standard InChI is InChI=1S/C50H32O/c1-3-12-36-31(10-1)24-27-40-37(18-9-19-39(36)40)33-20-22-34(23-21-33)48-41-14-5-7-16-43(41)49(44-17-8-6-15-42(44)48)35-26-29-47-46(30-35)45-28-25-32-11-2-4-13-38(32)50(45)51-47/h1-31,36H/i1D,2D,3D,4D,5D,6D,7D,8D,9D,10D,11D,12D,13D,14D,15D,16D,17D,18D,19D,20D,21D,22D,23D,24D,25D,26D,27D,28D,29D,30D. The van der Waals surface area contributed by atoms with Crippen LogP contribution in [0.25, 0.3) is 93.7 Å². The molecule has 0 radical (unpaired) electrons. The van der Waals surface area contributed by atoms with Gasteiger partial charge in [-0.15, -0.1) is 0 Å². The normalized spacial score (nSPS) is 25.8. The van der Waals surface area contributed by atoms with Gasteiger partial charge >= 0.3 is 0 Å². The fraction of sp³-hybridized carbons (Fsp3) is 0.0400. The van der Waals surface area contributed by atoms with E-state index in [0.29, 0.717) is 0 Å². The molecule has 0 aliphatic heterocycles. The van der Waals surface area contributed by atoms with E-state index in [1.165, 1.54) is 0 Å². The molecule has 1 heteroatoms. The predicted octanol–water partition coefficient (Wildman–Crippen LogP) is 13.9. The quantitative estimate of drug-likeness (QED) is 0.170. The number of hydrogen-bond donors (Lipinski definition) is 0. The van der Waals surface area contributed by atoms with Crippen molar-refractivity contribution in [3.05, 3.63) is 186 Å². The van der Waals surface area contributed by atoms with E-state index < -0.39 is 292 Å². The average molecular weight is 679 g/mol. The molecule has 0 amide bonds. The lowest BCUT2D eigenvalue weighted by atomic mass is 9.75. The van der Waals surface area contributed by atoms with Crippen molar-refractivity contribution >= 4 is 60.3 Å². The molecule has 51 heavy (non-hydrogen) atoms. The van der Waals surface area contributed by atoms with Gasteiger partial charge in [-0.2, -0.15) is 0 Å². The van der Waals surface area contributed by atoms with E-state index in [4.69, 9.17) is 29.1 Å². The largest absolute Gasteiger partial charge is 0.455 e. The molecule has 1 heterocycles. The summed E-state index contributed by atoms with van der Waals surface area (Å²) in [6.45, 7) is 0. The number of fused-ring (bicyclic) bond motifs is 10. The van der Waals surface area contributed by atoms with Gasteiger partial charge in [0.2, 0.25) is 0 Å². The number of allylic oxidation sites excluding steroid dienone is 5. The Bertz CT molecular complexity index is 4590. The van der Waals surface area contributed by atoms with Gasteiger partial charge in [0.15, 0.2) is 0 Å². The maximum Gasteiger partial charge on any atom is 0.143 e. The molecule has 2 unspecified atom stereocenters. The summed E-state index contributed by atoms with van der Waals surface area (Å²) in [6.07, 6.45) is 0. The predicted molar refractivity (Wildman–Crippen MR) is 216 cm³/mol. The molecule has 2 aliphatic carbocycles. The third-order valence-electron chi connectivity index (χ3n) is 8.86. The summed E-state index contributed by atoms with van der Waals surface area (Å²) >= 11 is 0. The Morgan fingerprint density at radius 2 is 1.12 bits per heavy atom. The Hall–Kier alpha value is -6.44. The number of benzene rings is 8. The van der Waals surface area contributed by atoms with E-state index in [1.807, 2.05) is 0 Å². The lowest BCUT2D eigenvalue weighted by Crippen LogP contribution is -2.13. The molecular weight excluding hydrogens is 617 g/mol. The Kier molecular flexibility index (Phi) is 2.56. The van der Waals surface area contributed by atoms with Gasteiger partial charge in [-0.3, -0.25) is 0 Å². The second kappa shape index (κ2) is 11.0. The first-order chi connectivity index (χ1) is 37.8. The highest BCUT2D eigenvalue weighted by Gasteiger charge is 2.25. The van der Waals surface area contributed by atoms with Crippen molar-refractivity contribution in [2.24, 2.45) is 5.92 Å². The van der Waals surface area contributed by atoms with Crippen molar-refractivity contribution in [1.82, 2.24) is 0 Å². The van der Waals surface area contributed by atoms with E-state index >= 15 is 0 Å². The molecule has 0 saturated heterocycles. The Morgan fingerprint density at radius 3 is 1.88 bits per heavy atom. The second-order valence-corrected chi connectivity index (χ2v) is 11.6. The fourth-order valence-corrected chi connectivity index (χ4v) is 6.60. The first-order valence-corrected chi connectivity index (χ1v) is 15.4. The minimum atomic E-state index is -1.64. The van der Waals surface area contributed by atoms with Crippen LogP contribution < -0.4 is 0 Å². The summed E-state index contributed by atoms with van der Waals surface area (Å²) in [5.74, 6) is -3.23. The van der Waals surface area contributed by atoms with Crippen LogP contribution in [0.1, 0.15) is 58.2 Å². The van der Waals surface area contributed by atoms with Crippen LogP contribution in [0.2, 0.25) is 0 Å². The van der Waals surface area contributed by atoms with E-state index in [9.17, 15) is 16.4 Å². The summed E-state index contributed by atoms with van der Waals surface area (Å²) in [5, 5.41) is -4.97. The lowest BCUT2D eigenvalue weighted by Gasteiger charge is -2.28. The molecule has 11 rings (SSSR count). The first-order valence-electron chi connectivity index (χ1n) is 30.4. The molecule has 1 nitrogen and oxygen atoms in total. The average Bonchev–Trinajstić information content (AvgIpc) is 3.31. The summed E-state index contributed by atoms with van der Waals surface area (Å²) < 4.78 is 278. The van der Waals surface area contributed by atoms with Crippen molar-refractivity contribution in [2.45, 2.75) is 5.92 Å². The molecule has 2 aliphatic rings. The molecule has 0 saturated carbocycles. The molecule has 238 valence electrons. The van der Waals surface area contributed by atoms with Crippen LogP contribution in [0.3, 0.4) is 0 Å². The zero-order valence-corrected chi connectivity index (χ0v) is 25.6. The van der Waals surface area contributed by atoms with Crippen LogP contribution in [0, 0.1) is 5.92 Å². The van der Waals surface area contributed by atoms with Crippen LogP contribution in [-0.2, 0) is 0 Å². The van der Waals surface area contributed by atoms with E-state index in [2.05, 4.69) is 0 Å². The van der Waals surface area contributed by atoms with Crippen molar-refractivity contribution < 1.29 is 45.5 Å². The minimum absolute atomic E-state index is 0.428. The van der Waals surface area contributed by atoms with Crippen molar-refractivity contribution in [3.63, 3.8) is 0 Å². The van der Waals surface area contributed by atoms with Gasteiger partial charge in [0.1, 0.15) is 11.2 Å². The van der Waals surface area contributed by atoms with Crippen LogP contribution >= 0.6 is 0 Å². The Balaban J connectivity index is 1.33. The van der Waals surface area contributed by atoms with Crippen LogP contribution in [0.15, 0.2) is 180 Å². The maximum atomic E-state index is 9.86. The molecule has 0 fully saturated rings. The van der Waals surface area contributed by atoms with E-state index in [0.717, 1.165) is 0 Å². The van der Waals surface area contributed by atoms with Crippen LogP contribution in [0.4, 0.5) is 0 Å². The molecule has 8 aromatic carbocycles. The summed E-state index contributed by atoms with van der Waals surface area (Å²) in [5.41, 5.74) is -6.96. The van der Waals surface area contributed by atoms with Gasteiger partial charge in [-0.05, 0) is 89.6 Å². The topological polar surface area (TPSA) is 13.1 Å². The van der Waals surface area contributed by atoms with Gasteiger partial charge < -0.3 is 4.42 Å². The first kappa shape index (κ1) is 11.8. The number of rotatable bonds is 3. The highest BCUT2D eigenvalue weighted by molar-refractivity contribution is 6.22. The molecule has 0 bridgehead atoms. The summed E-state index contributed by atoms with van der Waals surface area (Å²) in [4.78, 5) is 0. The van der Waals surface area contributed by atoms with E-state index in [-0.39, 0.29) is 0 Å². The SMILES string of the molecule is [2H]C1=C([2H])C2C([2H])=C([2H])c3c(-c4c([2H])c([2H])c(-c5c6c([2H])c([2H])c([2H])c([2H])c6c(-c6c([2H])c([2H])c7oc8c9c([2H])c([2H])c([2H])c([2H])c9c([2H])c([2H])c8c7c6[2H])c6c([2H])c([2H])c([2H])c([2H])c56)c([2H])c4[2H])c([2H])c([2H])c([2H])c3C2C([2H])=C1[2H]. The molecule has 0 N–H and O–H groups in total. The zero-order valence-electron chi connectivity index (χ0n) is 55.6. The van der Waals surface area contributed by atoms with Crippen molar-refractivity contribution in [2.75, 3.05) is 0 Å². The monoisotopic (exact) mass is 678 g/mol. The number of hydrogen-bond acceptors (Lipinski definition) is 1. The fourth-order valence-electron chi connectivity index (χ4n) is 6.60. The van der Waals surface area contributed by atoms with Crippen LogP contribution in [-0.4, -0.2) is 0 Å². The maximum absolute atomic E-state index is 9.86. The molecule has 2 atom stereocenters. The van der Waals surface area contributed by atoms with Gasteiger partial charge in [-0.25, -0.2) is 0 Å². The van der Waals surface area contributed by atoms with Gasteiger partial charge in [0.25, 0.3) is 0 Å². The molecular formula is C50H32O. The van der Waals surface area contributed by atoms with Gasteiger partial charge in [0, 0.05) is 28.0 Å². The number of furan rings is 1. The summed E-state index contributed by atoms with van der Waals surface area (Å²) in [7, 11) is 0. The van der Waals surface area contributed by atoms with E-state index in [1.54, 1.807) is 0 Å². The summed E-state index contributed by atoms with van der Waals surface area (Å²) in [6, 6.07) is -27.1. The van der Waals surface area contributed by atoms with Crippen LogP contribution in [0.5, 0.6) is 0 Å². The molecule has 9 aromatic rings. The molecule has 1 aromatic heterocycles. The third kappa shape index (κ3) is 4.28. The highest BCUT2D eigenvalue weighted by Crippen LogP contribution is 2.46. The Morgan fingerprint density at radius 1 is 0.471 bits per heavy atom. The minimum Gasteiger partial charge on any atom is -0.455 e. The Labute approximate surface area is 338 Å². The van der Waals surface area contributed by atoms with Gasteiger partial charge in [0.05, 0.1) is 41.1 Å². The highest BCUT2D eigenvalue weighted by atomic mass is 16.3.